The molecule has 0 amide bonds. The first kappa shape index (κ1) is 8.47. The lowest BCUT2D eigenvalue weighted by molar-refractivity contribution is 0.320. The van der Waals surface area contributed by atoms with Gasteiger partial charge in [-0.2, -0.15) is 11.3 Å². The molecule has 0 saturated heterocycles. The number of hydrogen-bond acceptors (Lipinski definition) is 4. The van der Waals surface area contributed by atoms with E-state index in [1.165, 1.54) is 0 Å². The Balaban J connectivity index is 2.42. The number of oxime groups is 1. The van der Waals surface area contributed by atoms with Crippen LogP contribution in [0.3, 0.4) is 0 Å². The van der Waals surface area contributed by atoms with Crippen LogP contribution in [0, 0.1) is 0 Å². The highest BCUT2D eigenvalue weighted by atomic mass is 32.1. The van der Waals surface area contributed by atoms with Crippen molar-refractivity contribution in [3.63, 3.8) is 0 Å². The van der Waals surface area contributed by atoms with E-state index in [0.717, 1.165) is 10.4 Å². The first-order valence-corrected chi connectivity index (χ1v) is 5.52. The maximum absolute atomic E-state index is 8.87. The third-order valence-electron chi connectivity index (χ3n) is 1.65. The van der Waals surface area contributed by atoms with Gasteiger partial charge >= 0.3 is 0 Å². The summed E-state index contributed by atoms with van der Waals surface area (Å²) in [6, 6.07) is 5.83. The highest BCUT2D eigenvalue weighted by Crippen LogP contribution is 2.17. The van der Waals surface area contributed by atoms with E-state index in [4.69, 9.17) is 5.21 Å². The van der Waals surface area contributed by atoms with Crippen LogP contribution in [-0.2, 0) is 0 Å². The van der Waals surface area contributed by atoms with Gasteiger partial charge in [-0.1, -0.05) is 11.2 Å². The molecule has 0 aliphatic rings. The molecule has 0 atom stereocenters. The van der Waals surface area contributed by atoms with Crippen molar-refractivity contribution < 1.29 is 5.21 Å². The predicted octanol–water partition coefficient (Wildman–Crippen LogP) is 3.04. The zero-order valence-corrected chi connectivity index (χ0v) is 8.31. The average molecular weight is 209 g/mol. The first-order chi connectivity index (χ1) is 6.42. The molecule has 0 aliphatic heterocycles. The zero-order valence-electron chi connectivity index (χ0n) is 6.68. The number of nitrogens with zero attached hydrogens (tertiary/aromatic N) is 1. The van der Waals surface area contributed by atoms with Crippen LogP contribution in [-0.4, -0.2) is 10.9 Å². The van der Waals surface area contributed by atoms with Crippen molar-refractivity contribution in [3.05, 3.63) is 44.8 Å². The minimum Gasteiger partial charge on any atom is -0.410 e. The summed E-state index contributed by atoms with van der Waals surface area (Å²) in [4.78, 5) is 0.987. The molecule has 0 aliphatic carbocycles. The summed E-state index contributed by atoms with van der Waals surface area (Å²) in [6.45, 7) is 0. The number of rotatable bonds is 2. The van der Waals surface area contributed by atoms with Crippen LogP contribution in [0.5, 0.6) is 0 Å². The minimum atomic E-state index is 0.649. The summed E-state index contributed by atoms with van der Waals surface area (Å²) in [5.74, 6) is 0. The smallest absolute Gasteiger partial charge is 0.127 e. The monoisotopic (exact) mass is 209 g/mol. The standard InChI is InChI=1S/C9H7NOS2/c11-10-9(7-3-5-12-6-7)8-2-1-4-13-8/h1-6,11H. The fourth-order valence-corrected chi connectivity index (χ4v) is 2.43. The predicted molar refractivity (Wildman–Crippen MR) is 56.1 cm³/mol. The second-order valence-corrected chi connectivity index (χ2v) is 4.17. The topological polar surface area (TPSA) is 32.6 Å². The van der Waals surface area contributed by atoms with E-state index >= 15 is 0 Å². The van der Waals surface area contributed by atoms with Crippen molar-refractivity contribution in [2.45, 2.75) is 0 Å². The molecule has 0 unspecified atom stereocenters. The quantitative estimate of drug-likeness (QED) is 0.460. The molecule has 66 valence electrons. The van der Waals surface area contributed by atoms with Crippen LogP contribution >= 0.6 is 22.7 Å². The molecule has 4 heteroatoms. The lowest BCUT2D eigenvalue weighted by Gasteiger charge is -1.96. The molecule has 2 nitrogen and oxygen atoms in total. The second kappa shape index (κ2) is 3.72. The molecule has 2 heterocycles. The Labute approximate surface area is 83.8 Å². The van der Waals surface area contributed by atoms with Gasteiger partial charge in [-0.3, -0.25) is 0 Å². The molecule has 1 N–H and O–H groups in total. The lowest BCUT2D eigenvalue weighted by atomic mass is 10.2. The third kappa shape index (κ3) is 1.64. The molecule has 0 bridgehead atoms. The molecule has 2 aromatic rings. The van der Waals surface area contributed by atoms with Crippen molar-refractivity contribution in [1.82, 2.24) is 0 Å². The Bertz CT molecular complexity index is 353. The Morgan fingerprint density at radius 3 is 2.77 bits per heavy atom. The first-order valence-electron chi connectivity index (χ1n) is 3.70. The Hall–Kier alpha value is -1.13. The van der Waals surface area contributed by atoms with Crippen LogP contribution in [0.25, 0.3) is 0 Å². The Morgan fingerprint density at radius 2 is 2.23 bits per heavy atom. The van der Waals surface area contributed by atoms with Crippen LogP contribution in [0.1, 0.15) is 10.4 Å². The van der Waals surface area contributed by atoms with Gasteiger partial charge < -0.3 is 5.21 Å². The van der Waals surface area contributed by atoms with Crippen molar-refractivity contribution in [2.75, 3.05) is 0 Å². The van der Waals surface area contributed by atoms with Crippen LogP contribution in [0.4, 0.5) is 0 Å². The summed E-state index contributed by atoms with van der Waals surface area (Å²) in [5, 5.41) is 18.1. The molecule has 0 fully saturated rings. The Morgan fingerprint density at radius 1 is 1.31 bits per heavy atom. The van der Waals surface area contributed by atoms with E-state index in [-0.39, 0.29) is 0 Å². The van der Waals surface area contributed by atoms with Crippen molar-refractivity contribution in [2.24, 2.45) is 5.16 Å². The van der Waals surface area contributed by atoms with Crippen LogP contribution < -0.4 is 0 Å². The maximum Gasteiger partial charge on any atom is 0.127 e. The van der Waals surface area contributed by atoms with Crippen molar-refractivity contribution in [1.29, 1.82) is 0 Å². The minimum absolute atomic E-state index is 0.649. The lowest BCUT2D eigenvalue weighted by Crippen LogP contribution is -1.98. The molecule has 0 spiro atoms. The highest BCUT2D eigenvalue weighted by Gasteiger charge is 2.08. The molecule has 0 saturated carbocycles. The normalized spacial score (nSPS) is 11.8. The summed E-state index contributed by atoms with van der Waals surface area (Å²) in [5.41, 5.74) is 1.62. The van der Waals surface area contributed by atoms with E-state index in [1.807, 2.05) is 34.3 Å². The van der Waals surface area contributed by atoms with E-state index in [1.54, 1.807) is 22.7 Å². The SMILES string of the molecule is ON=C(c1ccsc1)c1cccs1. The van der Waals surface area contributed by atoms with E-state index in [0.29, 0.717) is 5.71 Å². The third-order valence-corrected chi connectivity index (χ3v) is 3.21. The zero-order chi connectivity index (χ0) is 9.10. The van der Waals surface area contributed by atoms with Gasteiger partial charge in [-0.05, 0) is 22.9 Å². The molecule has 0 radical (unpaired) electrons. The summed E-state index contributed by atoms with van der Waals surface area (Å²) < 4.78 is 0. The van der Waals surface area contributed by atoms with E-state index in [2.05, 4.69) is 5.16 Å². The van der Waals surface area contributed by atoms with Gasteiger partial charge in [0.15, 0.2) is 0 Å². The van der Waals surface area contributed by atoms with Gasteiger partial charge in [0.05, 0.1) is 4.88 Å². The van der Waals surface area contributed by atoms with Gasteiger partial charge in [0.2, 0.25) is 0 Å². The fourth-order valence-electron chi connectivity index (χ4n) is 1.06. The van der Waals surface area contributed by atoms with E-state index in [9.17, 15) is 0 Å². The number of hydrogen-bond donors (Lipinski definition) is 1. The van der Waals surface area contributed by atoms with Gasteiger partial charge in [0.25, 0.3) is 0 Å². The molecule has 2 rings (SSSR count). The average Bonchev–Trinajstić information content (AvgIpc) is 2.76. The summed E-state index contributed by atoms with van der Waals surface area (Å²) in [6.07, 6.45) is 0. The van der Waals surface area contributed by atoms with Gasteiger partial charge in [0, 0.05) is 10.9 Å². The molecule has 0 aromatic carbocycles. The summed E-state index contributed by atoms with van der Waals surface area (Å²) >= 11 is 3.16. The van der Waals surface area contributed by atoms with Gasteiger partial charge in [0.1, 0.15) is 5.71 Å². The Kier molecular flexibility index (Phi) is 2.42. The van der Waals surface area contributed by atoms with Crippen LogP contribution in [0.15, 0.2) is 39.5 Å². The number of thiophene rings is 2. The fraction of sp³-hybridized carbons (Fsp3) is 0. The van der Waals surface area contributed by atoms with Crippen molar-refractivity contribution >= 4 is 28.4 Å². The highest BCUT2D eigenvalue weighted by molar-refractivity contribution is 7.12. The second-order valence-electron chi connectivity index (χ2n) is 2.44. The largest absolute Gasteiger partial charge is 0.410 e. The molecule has 13 heavy (non-hydrogen) atoms. The molecule has 2 aromatic heterocycles. The van der Waals surface area contributed by atoms with Gasteiger partial charge in [-0.25, -0.2) is 0 Å². The molecular weight excluding hydrogens is 202 g/mol. The maximum atomic E-state index is 8.87. The molecular formula is C9H7NOS2. The van der Waals surface area contributed by atoms with Gasteiger partial charge in [-0.15, -0.1) is 11.3 Å². The van der Waals surface area contributed by atoms with Crippen molar-refractivity contribution in [3.8, 4) is 0 Å². The summed E-state index contributed by atoms with van der Waals surface area (Å²) in [7, 11) is 0. The van der Waals surface area contributed by atoms with Crippen LogP contribution in [0.2, 0.25) is 0 Å². The van der Waals surface area contributed by atoms with E-state index < -0.39 is 0 Å².